The molecular weight excluding hydrogens is 382 g/mol. The van der Waals surface area contributed by atoms with Gasteiger partial charge in [0.05, 0.1) is 11.3 Å². The van der Waals surface area contributed by atoms with Crippen LogP contribution < -0.4 is 5.32 Å². The zero-order valence-corrected chi connectivity index (χ0v) is 14.5. The van der Waals surface area contributed by atoms with Gasteiger partial charge in [-0.25, -0.2) is 0 Å². The van der Waals surface area contributed by atoms with E-state index in [0.717, 1.165) is 17.7 Å². The summed E-state index contributed by atoms with van der Waals surface area (Å²) in [5.41, 5.74) is 0.138. The molecule has 8 heteroatoms. The van der Waals surface area contributed by atoms with Gasteiger partial charge in [-0.05, 0) is 35.9 Å². The minimum atomic E-state index is -4.44. The number of carbonyl (C=O) groups excluding carboxylic acids is 1. The van der Waals surface area contributed by atoms with E-state index in [9.17, 15) is 18.0 Å². The topological polar surface area (TPSA) is 29.1 Å². The molecule has 0 aliphatic carbocycles. The Bertz CT molecular complexity index is 738. The van der Waals surface area contributed by atoms with Crippen LogP contribution >= 0.6 is 35.0 Å². The van der Waals surface area contributed by atoms with Crippen LogP contribution in [0, 0.1) is 0 Å². The fourth-order valence-electron chi connectivity index (χ4n) is 1.86. The Labute approximate surface area is 151 Å². The van der Waals surface area contributed by atoms with Gasteiger partial charge < -0.3 is 5.32 Å². The molecule has 0 aromatic heterocycles. The second-order valence-electron chi connectivity index (χ2n) is 4.86. The van der Waals surface area contributed by atoms with Crippen LogP contribution in [0.1, 0.15) is 11.1 Å². The summed E-state index contributed by atoms with van der Waals surface area (Å²) in [5, 5.41) is 3.48. The van der Waals surface area contributed by atoms with Crippen LogP contribution in [-0.2, 0) is 16.7 Å². The number of carbonyl (C=O) groups is 1. The Kier molecular flexibility index (Phi) is 6.43. The van der Waals surface area contributed by atoms with E-state index in [-0.39, 0.29) is 17.3 Å². The van der Waals surface area contributed by atoms with Crippen molar-refractivity contribution < 1.29 is 18.0 Å². The van der Waals surface area contributed by atoms with E-state index in [1.54, 1.807) is 18.2 Å². The normalized spacial score (nSPS) is 11.4. The van der Waals surface area contributed by atoms with Crippen LogP contribution in [-0.4, -0.2) is 11.7 Å². The molecule has 0 spiro atoms. The third-order valence-corrected chi connectivity index (χ3v) is 4.55. The molecule has 0 saturated carbocycles. The van der Waals surface area contributed by atoms with Gasteiger partial charge in [-0.3, -0.25) is 4.79 Å². The van der Waals surface area contributed by atoms with Gasteiger partial charge in [0.25, 0.3) is 0 Å². The van der Waals surface area contributed by atoms with Crippen molar-refractivity contribution in [2.24, 2.45) is 0 Å². The molecule has 0 atom stereocenters. The lowest BCUT2D eigenvalue weighted by molar-refractivity contribution is -0.137. The number of nitrogens with one attached hydrogen (secondary N) is 1. The van der Waals surface area contributed by atoms with E-state index < -0.39 is 11.7 Å². The molecule has 2 aromatic carbocycles. The highest BCUT2D eigenvalue weighted by atomic mass is 35.5. The molecule has 0 fully saturated rings. The first-order valence-corrected chi connectivity index (χ1v) is 8.65. The van der Waals surface area contributed by atoms with Crippen molar-refractivity contribution in [2.45, 2.75) is 11.9 Å². The SMILES string of the molecule is O=C(CSCc1ccc(Cl)cc1Cl)Nc1cccc(C(F)(F)F)c1. The predicted molar refractivity (Wildman–Crippen MR) is 92.7 cm³/mol. The number of hydrogen-bond acceptors (Lipinski definition) is 2. The standard InChI is InChI=1S/C16H12Cl2F3NOS/c17-12-5-4-10(14(18)7-12)8-24-9-15(23)22-13-3-1-2-11(6-13)16(19,20)21/h1-7H,8-9H2,(H,22,23). The molecular formula is C16H12Cl2F3NOS. The van der Waals surface area contributed by atoms with Crippen LogP contribution in [0.15, 0.2) is 42.5 Å². The molecule has 128 valence electrons. The Hall–Kier alpha value is -1.37. The number of anilines is 1. The average Bonchev–Trinajstić information content (AvgIpc) is 2.49. The summed E-state index contributed by atoms with van der Waals surface area (Å²) in [6, 6.07) is 9.59. The molecule has 0 saturated heterocycles. The quantitative estimate of drug-likeness (QED) is 0.686. The minimum absolute atomic E-state index is 0.0925. The maximum atomic E-state index is 12.6. The molecule has 0 heterocycles. The predicted octanol–water partition coefficient (Wildman–Crippen LogP) is 5.88. The van der Waals surface area contributed by atoms with Crippen LogP contribution in [0.25, 0.3) is 0 Å². The maximum Gasteiger partial charge on any atom is 0.416 e. The number of halogens is 5. The summed E-state index contributed by atoms with van der Waals surface area (Å²) in [5.74, 6) is 0.200. The van der Waals surface area contributed by atoms with Gasteiger partial charge in [-0.1, -0.05) is 35.3 Å². The Morgan fingerprint density at radius 1 is 1.12 bits per heavy atom. The lowest BCUT2D eigenvalue weighted by Crippen LogP contribution is -2.15. The highest BCUT2D eigenvalue weighted by Gasteiger charge is 2.30. The monoisotopic (exact) mass is 393 g/mol. The van der Waals surface area contributed by atoms with Gasteiger partial charge in [-0.2, -0.15) is 13.2 Å². The largest absolute Gasteiger partial charge is 0.416 e. The van der Waals surface area contributed by atoms with Crippen molar-refractivity contribution in [1.29, 1.82) is 0 Å². The summed E-state index contributed by atoms with van der Waals surface area (Å²) < 4.78 is 37.9. The fraction of sp³-hybridized carbons (Fsp3) is 0.188. The van der Waals surface area contributed by atoms with Crippen molar-refractivity contribution in [2.75, 3.05) is 11.1 Å². The Morgan fingerprint density at radius 3 is 2.54 bits per heavy atom. The van der Waals surface area contributed by atoms with Gasteiger partial charge in [-0.15, -0.1) is 11.8 Å². The van der Waals surface area contributed by atoms with Gasteiger partial charge in [0.2, 0.25) is 5.91 Å². The van der Waals surface area contributed by atoms with E-state index in [2.05, 4.69) is 5.32 Å². The van der Waals surface area contributed by atoms with Crippen LogP contribution in [0.2, 0.25) is 10.0 Å². The first-order valence-electron chi connectivity index (χ1n) is 6.74. The second kappa shape index (κ2) is 8.14. The molecule has 1 amide bonds. The second-order valence-corrected chi connectivity index (χ2v) is 6.68. The van der Waals surface area contributed by atoms with Crippen LogP contribution in [0.5, 0.6) is 0 Å². The van der Waals surface area contributed by atoms with Crippen molar-refractivity contribution in [3.8, 4) is 0 Å². The number of alkyl halides is 3. The molecule has 2 nitrogen and oxygen atoms in total. The summed E-state index contributed by atoms with van der Waals surface area (Å²) in [7, 11) is 0. The lowest BCUT2D eigenvalue weighted by Gasteiger charge is -2.10. The van der Waals surface area contributed by atoms with Gasteiger partial charge in [0, 0.05) is 21.5 Å². The molecule has 2 aromatic rings. The zero-order chi connectivity index (χ0) is 17.7. The van der Waals surface area contributed by atoms with Crippen LogP contribution in [0.4, 0.5) is 18.9 Å². The van der Waals surface area contributed by atoms with E-state index in [1.807, 2.05) is 0 Å². The van der Waals surface area contributed by atoms with Gasteiger partial charge in [0.1, 0.15) is 0 Å². The number of hydrogen-bond donors (Lipinski definition) is 1. The zero-order valence-electron chi connectivity index (χ0n) is 12.2. The highest BCUT2D eigenvalue weighted by Crippen LogP contribution is 2.30. The van der Waals surface area contributed by atoms with E-state index in [0.29, 0.717) is 15.8 Å². The average molecular weight is 394 g/mol. The van der Waals surface area contributed by atoms with E-state index >= 15 is 0 Å². The summed E-state index contributed by atoms with van der Waals surface area (Å²) in [6.45, 7) is 0. The van der Waals surface area contributed by atoms with E-state index in [4.69, 9.17) is 23.2 Å². The molecule has 0 bridgehead atoms. The summed E-state index contributed by atoms with van der Waals surface area (Å²) >= 11 is 13.1. The van der Waals surface area contributed by atoms with Gasteiger partial charge in [0.15, 0.2) is 0 Å². The molecule has 24 heavy (non-hydrogen) atoms. The molecule has 0 unspecified atom stereocenters. The third-order valence-electron chi connectivity index (χ3n) is 2.98. The highest BCUT2D eigenvalue weighted by molar-refractivity contribution is 7.99. The maximum absolute atomic E-state index is 12.6. The van der Waals surface area contributed by atoms with Crippen molar-refractivity contribution in [1.82, 2.24) is 0 Å². The van der Waals surface area contributed by atoms with Crippen molar-refractivity contribution in [3.63, 3.8) is 0 Å². The van der Waals surface area contributed by atoms with Crippen molar-refractivity contribution in [3.05, 3.63) is 63.6 Å². The fourth-order valence-corrected chi connectivity index (χ4v) is 3.25. The Balaban J connectivity index is 1.87. The Morgan fingerprint density at radius 2 is 1.88 bits per heavy atom. The molecule has 0 aliphatic rings. The number of rotatable bonds is 5. The molecule has 0 aliphatic heterocycles. The number of benzene rings is 2. The van der Waals surface area contributed by atoms with Gasteiger partial charge >= 0.3 is 6.18 Å². The number of amides is 1. The smallest absolute Gasteiger partial charge is 0.325 e. The molecule has 2 rings (SSSR count). The molecule has 0 radical (unpaired) electrons. The summed E-state index contributed by atoms with van der Waals surface area (Å²) in [6.07, 6.45) is -4.44. The van der Waals surface area contributed by atoms with Crippen LogP contribution in [0.3, 0.4) is 0 Å². The number of thioether (sulfide) groups is 1. The first kappa shape index (κ1) is 19.0. The lowest BCUT2D eigenvalue weighted by atomic mass is 10.2. The molecule has 1 N–H and O–H groups in total. The first-order chi connectivity index (χ1) is 11.3. The third kappa shape index (κ3) is 5.61. The summed E-state index contributed by atoms with van der Waals surface area (Å²) in [4.78, 5) is 11.8. The van der Waals surface area contributed by atoms with E-state index in [1.165, 1.54) is 23.9 Å². The van der Waals surface area contributed by atoms with Crippen molar-refractivity contribution >= 4 is 46.6 Å². The minimum Gasteiger partial charge on any atom is -0.325 e.